The maximum Gasteiger partial charge on any atom is 0.251 e. The summed E-state index contributed by atoms with van der Waals surface area (Å²) in [4.78, 5) is 29.7. The lowest BCUT2D eigenvalue weighted by atomic mass is 10.0. The van der Waals surface area contributed by atoms with Crippen LogP contribution in [0.3, 0.4) is 0 Å². The van der Waals surface area contributed by atoms with Crippen molar-refractivity contribution >= 4 is 33.0 Å². The maximum absolute atomic E-state index is 13.0. The van der Waals surface area contributed by atoms with Gasteiger partial charge in [0.25, 0.3) is 5.91 Å². The number of benzene rings is 3. The number of hydrogen-bond acceptors (Lipinski definition) is 7. The van der Waals surface area contributed by atoms with E-state index in [4.69, 9.17) is 0 Å². The molecule has 37 heavy (non-hydrogen) atoms. The lowest BCUT2D eigenvalue weighted by Gasteiger charge is -2.31. The molecule has 1 saturated heterocycles. The Bertz CT molecular complexity index is 1400. The molecule has 0 bridgehead atoms. The molecule has 0 aliphatic carbocycles. The van der Waals surface area contributed by atoms with E-state index in [9.17, 15) is 23.2 Å². The topological polar surface area (TPSA) is 119 Å². The highest BCUT2D eigenvalue weighted by Gasteiger charge is 2.38. The maximum atomic E-state index is 13.0. The fraction of sp³-hybridized carbons (Fsp3) is 0.259. The van der Waals surface area contributed by atoms with Crippen LogP contribution in [0.5, 0.6) is 0 Å². The van der Waals surface area contributed by atoms with Gasteiger partial charge < -0.3 is 15.1 Å². The summed E-state index contributed by atoms with van der Waals surface area (Å²) in [7, 11) is -3.27. The number of hydrogen-bond donors (Lipinski definition) is 3. The highest BCUT2D eigenvalue weighted by atomic mass is 32.2. The first-order valence-corrected chi connectivity index (χ1v) is 13.7. The fourth-order valence-electron chi connectivity index (χ4n) is 4.99. The first-order valence-electron chi connectivity index (χ1n) is 12.1. The number of amides is 2. The van der Waals surface area contributed by atoms with Crippen molar-refractivity contribution in [3.63, 3.8) is 0 Å². The molecule has 5 rings (SSSR count). The largest absolute Gasteiger partial charge is 0.369 e. The summed E-state index contributed by atoms with van der Waals surface area (Å²) in [6.45, 7) is 1.72. The molecule has 10 heteroatoms. The first-order chi connectivity index (χ1) is 17.9. The molecule has 0 unspecified atom stereocenters. The number of para-hydroxylation sites is 2. The van der Waals surface area contributed by atoms with E-state index in [1.165, 1.54) is 0 Å². The van der Waals surface area contributed by atoms with Crippen LogP contribution in [-0.4, -0.2) is 56.9 Å². The van der Waals surface area contributed by atoms with Crippen molar-refractivity contribution in [2.75, 3.05) is 35.2 Å². The van der Waals surface area contributed by atoms with Gasteiger partial charge in [0.15, 0.2) is 9.84 Å². The van der Waals surface area contributed by atoms with E-state index in [1.54, 1.807) is 29.7 Å². The molecule has 192 valence electrons. The summed E-state index contributed by atoms with van der Waals surface area (Å²) in [6.07, 6.45) is 0. The SMILES string of the molecule is O=C(N[C@@H]1CN(c2ccccc2)C[C@@H]1C(=O)NO)c1ccc(CN2CCS(=O)(=O)c3ccccc32)cc1. The van der Waals surface area contributed by atoms with Crippen molar-refractivity contribution in [1.29, 1.82) is 0 Å². The molecule has 0 spiro atoms. The van der Waals surface area contributed by atoms with Gasteiger partial charge in [-0.2, -0.15) is 0 Å². The van der Waals surface area contributed by atoms with E-state index in [-0.39, 0.29) is 11.7 Å². The number of anilines is 2. The molecular formula is C27H28N4O5S. The van der Waals surface area contributed by atoms with E-state index in [0.717, 1.165) is 11.3 Å². The molecule has 2 aliphatic heterocycles. The zero-order valence-corrected chi connectivity index (χ0v) is 20.9. The summed E-state index contributed by atoms with van der Waals surface area (Å²) in [5.41, 5.74) is 4.74. The molecular weight excluding hydrogens is 492 g/mol. The van der Waals surface area contributed by atoms with Crippen molar-refractivity contribution in [2.24, 2.45) is 5.92 Å². The number of fused-ring (bicyclic) bond motifs is 1. The van der Waals surface area contributed by atoms with Gasteiger partial charge in [-0.1, -0.05) is 42.5 Å². The van der Waals surface area contributed by atoms with Crippen LogP contribution in [0.2, 0.25) is 0 Å². The Morgan fingerprint density at radius 1 is 0.919 bits per heavy atom. The quantitative estimate of drug-likeness (QED) is 0.337. The van der Waals surface area contributed by atoms with Crippen LogP contribution in [0.15, 0.2) is 83.8 Å². The molecule has 2 atom stereocenters. The van der Waals surface area contributed by atoms with Gasteiger partial charge in [-0.05, 0) is 42.0 Å². The van der Waals surface area contributed by atoms with Gasteiger partial charge in [-0.3, -0.25) is 14.8 Å². The fourth-order valence-corrected chi connectivity index (χ4v) is 6.47. The molecule has 3 N–H and O–H groups in total. The molecule has 3 aromatic rings. The third-order valence-electron chi connectivity index (χ3n) is 6.97. The van der Waals surface area contributed by atoms with Gasteiger partial charge in [0.1, 0.15) is 0 Å². The van der Waals surface area contributed by atoms with Gasteiger partial charge in [0.05, 0.1) is 28.3 Å². The predicted molar refractivity (Wildman–Crippen MR) is 139 cm³/mol. The van der Waals surface area contributed by atoms with Gasteiger partial charge in [0.2, 0.25) is 5.91 Å². The number of rotatable bonds is 6. The molecule has 2 amide bonds. The second-order valence-electron chi connectivity index (χ2n) is 9.31. The van der Waals surface area contributed by atoms with Crippen molar-refractivity contribution in [1.82, 2.24) is 10.8 Å². The van der Waals surface area contributed by atoms with Crippen molar-refractivity contribution in [3.05, 3.63) is 90.0 Å². The minimum atomic E-state index is -3.27. The average Bonchev–Trinajstić information content (AvgIpc) is 3.34. The summed E-state index contributed by atoms with van der Waals surface area (Å²) < 4.78 is 24.8. The molecule has 0 saturated carbocycles. The van der Waals surface area contributed by atoms with E-state index in [2.05, 4.69) is 5.32 Å². The lowest BCUT2D eigenvalue weighted by Crippen LogP contribution is -2.45. The molecule has 3 aromatic carbocycles. The zero-order chi connectivity index (χ0) is 26.0. The van der Waals surface area contributed by atoms with Crippen LogP contribution in [0.25, 0.3) is 0 Å². The Morgan fingerprint density at radius 2 is 1.62 bits per heavy atom. The van der Waals surface area contributed by atoms with Crippen LogP contribution in [0.4, 0.5) is 11.4 Å². The Balaban J connectivity index is 1.27. The minimum absolute atomic E-state index is 0.0640. The second kappa shape index (κ2) is 10.2. The number of carbonyl (C=O) groups excluding carboxylic acids is 2. The zero-order valence-electron chi connectivity index (χ0n) is 20.1. The summed E-state index contributed by atoms with van der Waals surface area (Å²) >= 11 is 0. The minimum Gasteiger partial charge on any atom is -0.369 e. The second-order valence-corrected chi connectivity index (χ2v) is 11.4. The van der Waals surface area contributed by atoms with E-state index in [1.807, 2.05) is 64.4 Å². The Hall–Kier alpha value is -3.89. The third kappa shape index (κ3) is 5.16. The smallest absolute Gasteiger partial charge is 0.251 e. The van der Waals surface area contributed by atoms with Crippen LogP contribution in [-0.2, 0) is 21.2 Å². The van der Waals surface area contributed by atoms with Crippen LogP contribution in [0.1, 0.15) is 15.9 Å². The standard InChI is InChI=1S/C27H28N4O5S/c32-26(28-23-18-31(17-22(23)27(33)29-34)21-6-2-1-3-7-21)20-12-10-19(11-13-20)16-30-14-15-37(35,36)25-9-5-4-8-24(25)30/h1-13,22-23,34H,14-18H2,(H,28,32)(H,29,33)/t22-,23+/m0/s1. The number of carbonyl (C=O) groups is 2. The van der Waals surface area contributed by atoms with E-state index < -0.39 is 27.7 Å². The lowest BCUT2D eigenvalue weighted by molar-refractivity contribution is -0.133. The molecule has 2 heterocycles. The Morgan fingerprint density at radius 3 is 2.35 bits per heavy atom. The molecule has 9 nitrogen and oxygen atoms in total. The molecule has 0 aromatic heterocycles. The van der Waals surface area contributed by atoms with Crippen LogP contribution < -0.4 is 20.6 Å². The molecule has 2 aliphatic rings. The summed E-state index contributed by atoms with van der Waals surface area (Å²) in [5, 5.41) is 12.2. The third-order valence-corrected chi connectivity index (χ3v) is 8.70. The van der Waals surface area contributed by atoms with E-state index >= 15 is 0 Å². The predicted octanol–water partition coefficient (Wildman–Crippen LogP) is 2.22. The van der Waals surface area contributed by atoms with Gasteiger partial charge >= 0.3 is 0 Å². The summed E-state index contributed by atoms with van der Waals surface area (Å²) in [5.74, 6) is -1.39. The van der Waals surface area contributed by atoms with Crippen LogP contribution in [0, 0.1) is 5.92 Å². The van der Waals surface area contributed by atoms with Gasteiger partial charge in [-0.15, -0.1) is 0 Å². The van der Waals surface area contributed by atoms with Crippen molar-refractivity contribution < 1.29 is 23.2 Å². The summed E-state index contributed by atoms with van der Waals surface area (Å²) in [6, 6.07) is 23.3. The average molecular weight is 521 g/mol. The Labute approximate surface area is 215 Å². The van der Waals surface area contributed by atoms with Gasteiger partial charge in [-0.25, -0.2) is 13.9 Å². The highest BCUT2D eigenvalue weighted by Crippen LogP contribution is 2.31. The number of nitrogens with zero attached hydrogens (tertiary/aromatic N) is 2. The van der Waals surface area contributed by atoms with E-state index in [0.29, 0.717) is 42.3 Å². The van der Waals surface area contributed by atoms with Crippen LogP contribution >= 0.6 is 0 Å². The first kappa shape index (κ1) is 24.8. The number of nitrogens with one attached hydrogen (secondary N) is 2. The Kier molecular flexibility index (Phi) is 6.86. The monoisotopic (exact) mass is 520 g/mol. The molecule has 1 fully saturated rings. The van der Waals surface area contributed by atoms with Crippen molar-refractivity contribution in [3.8, 4) is 0 Å². The highest BCUT2D eigenvalue weighted by molar-refractivity contribution is 7.91. The molecule has 0 radical (unpaired) electrons. The normalized spacial score (nSPS) is 20.2. The van der Waals surface area contributed by atoms with Crippen molar-refractivity contribution in [2.45, 2.75) is 17.5 Å². The number of hydroxylamine groups is 1. The van der Waals surface area contributed by atoms with Gasteiger partial charge in [0, 0.05) is 37.4 Å². The number of sulfone groups is 1.